The molecule has 2 aromatic rings. The van der Waals surface area contributed by atoms with Gasteiger partial charge in [0.15, 0.2) is 5.69 Å². The third-order valence-corrected chi connectivity index (χ3v) is 2.36. The Balaban J connectivity index is 0.000000686. The molecule has 0 unspecified atom stereocenters. The molecular weight excluding hydrogens is 299 g/mol. The molecule has 0 fully saturated rings. The summed E-state index contributed by atoms with van der Waals surface area (Å²) in [5, 5.41) is 3.41. The minimum Gasteiger partial charge on any atom is -0.266 e. The number of nitrogens with zero attached hydrogens (tertiary/aromatic N) is 3. The number of pyridine rings is 1. The van der Waals surface area contributed by atoms with Crippen LogP contribution in [0, 0.1) is 0 Å². The largest absolute Gasteiger partial charge is 0.437 e. The fourth-order valence-corrected chi connectivity index (χ4v) is 1.62. The van der Waals surface area contributed by atoms with Gasteiger partial charge < -0.3 is 0 Å². The standard InChI is InChI=1S/C8H5BrF3N3.C2H6/c1-15-5-2-4(9)3-13-6(5)7(14-15)8(10,11)12;1-2/h2-3H,1H3;1-2H3. The molecule has 0 saturated heterocycles. The highest BCUT2D eigenvalue weighted by Gasteiger charge is 2.37. The van der Waals surface area contributed by atoms with Crippen molar-refractivity contribution in [2.45, 2.75) is 20.0 Å². The van der Waals surface area contributed by atoms with Gasteiger partial charge in [-0.1, -0.05) is 13.8 Å². The summed E-state index contributed by atoms with van der Waals surface area (Å²) in [6.45, 7) is 4.00. The number of aryl methyl sites for hydroxylation is 1. The zero-order valence-corrected chi connectivity index (χ0v) is 11.1. The van der Waals surface area contributed by atoms with Crippen LogP contribution in [-0.4, -0.2) is 14.8 Å². The van der Waals surface area contributed by atoms with E-state index in [2.05, 4.69) is 26.0 Å². The fourth-order valence-electron chi connectivity index (χ4n) is 1.30. The Kier molecular flexibility index (Phi) is 4.13. The number of aromatic nitrogens is 3. The lowest BCUT2D eigenvalue weighted by atomic mass is 10.3. The molecule has 94 valence electrons. The summed E-state index contributed by atoms with van der Waals surface area (Å²) in [7, 11) is 1.45. The second-order valence-electron chi connectivity index (χ2n) is 2.99. The second kappa shape index (κ2) is 5.03. The normalized spacial score (nSPS) is 11.2. The van der Waals surface area contributed by atoms with E-state index in [9.17, 15) is 13.2 Å². The average molecular weight is 310 g/mol. The highest BCUT2D eigenvalue weighted by Crippen LogP contribution is 2.33. The Hall–Kier alpha value is -1.11. The van der Waals surface area contributed by atoms with Crippen LogP contribution >= 0.6 is 15.9 Å². The van der Waals surface area contributed by atoms with Gasteiger partial charge in [-0.05, 0) is 22.0 Å². The smallest absolute Gasteiger partial charge is 0.266 e. The monoisotopic (exact) mass is 309 g/mol. The molecule has 0 aromatic carbocycles. The molecule has 7 heteroatoms. The van der Waals surface area contributed by atoms with Gasteiger partial charge in [-0.15, -0.1) is 0 Å². The van der Waals surface area contributed by atoms with Crippen molar-refractivity contribution in [3.63, 3.8) is 0 Å². The lowest BCUT2D eigenvalue weighted by molar-refractivity contribution is -0.140. The summed E-state index contributed by atoms with van der Waals surface area (Å²) in [6.07, 6.45) is -3.15. The number of hydrogen-bond donors (Lipinski definition) is 0. The SMILES string of the molecule is CC.Cn1nc(C(F)(F)F)c2ncc(Br)cc21. The van der Waals surface area contributed by atoms with Gasteiger partial charge in [-0.3, -0.25) is 9.67 Å². The minimum absolute atomic E-state index is 0.131. The molecule has 0 atom stereocenters. The first-order valence-electron chi connectivity index (χ1n) is 4.95. The summed E-state index contributed by atoms with van der Waals surface area (Å²) in [5.74, 6) is 0. The molecule has 0 aliphatic rings. The molecule has 0 amide bonds. The van der Waals surface area contributed by atoms with Crippen LogP contribution in [-0.2, 0) is 13.2 Å². The Morgan fingerprint density at radius 2 is 1.88 bits per heavy atom. The van der Waals surface area contributed by atoms with E-state index in [4.69, 9.17) is 0 Å². The molecule has 0 aliphatic carbocycles. The van der Waals surface area contributed by atoms with Crippen molar-refractivity contribution < 1.29 is 13.2 Å². The maximum atomic E-state index is 12.5. The van der Waals surface area contributed by atoms with Crippen LogP contribution in [0.25, 0.3) is 11.0 Å². The van der Waals surface area contributed by atoms with Crippen molar-refractivity contribution in [1.82, 2.24) is 14.8 Å². The molecule has 0 radical (unpaired) electrons. The van der Waals surface area contributed by atoms with Crippen LogP contribution < -0.4 is 0 Å². The maximum absolute atomic E-state index is 12.5. The van der Waals surface area contributed by atoms with Crippen LogP contribution in [0.1, 0.15) is 19.5 Å². The number of alkyl halides is 3. The van der Waals surface area contributed by atoms with Gasteiger partial charge in [0.25, 0.3) is 0 Å². The molecule has 0 N–H and O–H groups in total. The predicted octanol–water partition coefficient (Wildman–Crippen LogP) is 3.78. The molecule has 3 nitrogen and oxygen atoms in total. The molecule has 0 aliphatic heterocycles. The lowest BCUT2D eigenvalue weighted by Gasteiger charge is -2.00. The highest BCUT2D eigenvalue weighted by molar-refractivity contribution is 9.10. The van der Waals surface area contributed by atoms with E-state index in [1.165, 1.54) is 13.2 Å². The van der Waals surface area contributed by atoms with E-state index in [0.29, 0.717) is 9.99 Å². The molecule has 0 saturated carbocycles. The molecule has 0 spiro atoms. The van der Waals surface area contributed by atoms with Crippen molar-refractivity contribution in [3.05, 3.63) is 22.4 Å². The fraction of sp³-hybridized carbons (Fsp3) is 0.400. The first kappa shape index (κ1) is 14.0. The van der Waals surface area contributed by atoms with Crippen molar-refractivity contribution in [1.29, 1.82) is 0 Å². The number of fused-ring (bicyclic) bond motifs is 1. The first-order valence-corrected chi connectivity index (χ1v) is 5.74. The van der Waals surface area contributed by atoms with Crippen molar-refractivity contribution >= 4 is 27.0 Å². The van der Waals surface area contributed by atoms with Crippen LogP contribution in [0.3, 0.4) is 0 Å². The average Bonchev–Trinajstić information content (AvgIpc) is 2.59. The minimum atomic E-state index is -4.47. The Morgan fingerprint density at radius 3 is 2.41 bits per heavy atom. The molecule has 2 heterocycles. The van der Waals surface area contributed by atoms with Crippen LogP contribution in [0.15, 0.2) is 16.7 Å². The van der Waals surface area contributed by atoms with Gasteiger partial charge in [-0.25, -0.2) is 0 Å². The molecule has 0 bridgehead atoms. The summed E-state index contributed by atoms with van der Waals surface area (Å²) in [4.78, 5) is 3.72. The van der Waals surface area contributed by atoms with Gasteiger partial charge >= 0.3 is 6.18 Å². The van der Waals surface area contributed by atoms with Crippen LogP contribution in [0.2, 0.25) is 0 Å². The second-order valence-corrected chi connectivity index (χ2v) is 3.91. The van der Waals surface area contributed by atoms with Gasteiger partial charge in [-0.2, -0.15) is 18.3 Å². The first-order chi connectivity index (χ1) is 7.89. The predicted molar refractivity (Wildman–Crippen MR) is 62.6 cm³/mol. The van der Waals surface area contributed by atoms with E-state index in [0.717, 1.165) is 4.68 Å². The van der Waals surface area contributed by atoms with Crippen LogP contribution in [0.4, 0.5) is 13.2 Å². The molecule has 17 heavy (non-hydrogen) atoms. The van der Waals surface area contributed by atoms with Gasteiger partial charge in [0.1, 0.15) is 5.52 Å². The van der Waals surface area contributed by atoms with Crippen molar-refractivity contribution in [2.24, 2.45) is 7.05 Å². The van der Waals surface area contributed by atoms with Gasteiger partial charge in [0, 0.05) is 17.7 Å². The lowest BCUT2D eigenvalue weighted by Crippen LogP contribution is -2.07. The number of hydrogen-bond acceptors (Lipinski definition) is 2. The Morgan fingerprint density at radius 1 is 1.29 bits per heavy atom. The summed E-state index contributed by atoms with van der Waals surface area (Å²) in [5.41, 5.74) is -0.739. The maximum Gasteiger partial charge on any atom is 0.437 e. The quantitative estimate of drug-likeness (QED) is 0.741. The Labute approximate surface area is 105 Å². The van der Waals surface area contributed by atoms with E-state index < -0.39 is 11.9 Å². The van der Waals surface area contributed by atoms with Gasteiger partial charge in [0.2, 0.25) is 0 Å². The van der Waals surface area contributed by atoms with Crippen molar-refractivity contribution in [2.75, 3.05) is 0 Å². The third-order valence-electron chi connectivity index (χ3n) is 1.93. The summed E-state index contributed by atoms with van der Waals surface area (Å²) < 4.78 is 39.3. The molecular formula is C10H11BrF3N3. The van der Waals surface area contributed by atoms with Crippen molar-refractivity contribution in [3.8, 4) is 0 Å². The van der Waals surface area contributed by atoms with E-state index >= 15 is 0 Å². The summed E-state index contributed by atoms with van der Waals surface area (Å²) in [6, 6.07) is 1.55. The van der Waals surface area contributed by atoms with E-state index in [-0.39, 0.29) is 5.52 Å². The zero-order valence-electron chi connectivity index (χ0n) is 9.51. The zero-order chi connectivity index (χ0) is 13.2. The molecule has 2 rings (SSSR count). The molecule has 2 aromatic heterocycles. The Bertz CT molecular complexity index is 519. The topological polar surface area (TPSA) is 30.7 Å². The van der Waals surface area contributed by atoms with Crippen LogP contribution in [0.5, 0.6) is 0 Å². The number of halogens is 4. The van der Waals surface area contributed by atoms with E-state index in [1.807, 2.05) is 13.8 Å². The van der Waals surface area contributed by atoms with Gasteiger partial charge in [0.05, 0.1) is 5.52 Å². The summed E-state index contributed by atoms with van der Waals surface area (Å²) >= 11 is 3.14. The number of rotatable bonds is 0. The third kappa shape index (κ3) is 2.77. The highest BCUT2D eigenvalue weighted by atomic mass is 79.9. The van der Waals surface area contributed by atoms with E-state index in [1.54, 1.807) is 6.07 Å².